The first-order chi connectivity index (χ1) is 15.6. The van der Waals surface area contributed by atoms with Crippen LogP contribution in [0.3, 0.4) is 0 Å². The zero-order valence-electron chi connectivity index (χ0n) is 18.6. The summed E-state index contributed by atoms with van der Waals surface area (Å²) >= 11 is 0. The van der Waals surface area contributed by atoms with Crippen molar-refractivity contribution in [2.24, 2.45) is 0 Å². The highest BCUT2D eigenvalue weighted by atomic mass is 19.1. The molecule has 0 saturated carbocycles. The van der Waals surface area contributed by atoms with Gasteiger partial charge in [-0.15, -0.1) is 0 Å². The van der Waals surface area contributed by atoms with Gasteiger partial charge in [0.1, 0.15) is 24.4 Å². The number of ether oxygens (including phenoxy) is 4. The van der Waals surface area contributed by atoms with E-state index in [1.807, 2.05) is 6.92 Å². The van der Waals surface area contributed by atoms with E-state index in [2.05, 4.69) is 10.3 Å². The Bertz CT molecular complexity index is 885. The molecule has 8 atom stereocenters. The van der Waals surface area contributed by atoms with Gasteiger partial charge < -0.3 is 34.3 Å². The maximum absolute atomic E-state index is 14.5. The third-order valence-electron chi connectivity index (χ3n) is 5.58. The van der Waals surface area contributed by atoms with E-state index >= 15 is 0 Å². The fourth-order valence-corrected chi connectivity index (χ4v) is 3.68. The summed E-state index contributed by atoms with van der Waals surface area (Å²) in [6.45, 7) is 5.24. The zero-order chi connectivity index (χ0) is 24.3. The van der Waals surface area contributed by atoms with Crippen molar-refractivity contribution in [3.63, 3.8) is 0 Å². The van der Waals surface area contributed by atoms with E-state index in [0.717, 1.165) is 23.6 Å². The predicted octanol–water partition coefficient (Wildman–Crippen LogP) is 0.251. The van der Waals surface area contributed by atoms with Gasteiger partial charge in [0.25, 0.3) is 0 Å². The highest BCUT2D eigenvalue weighted by Crippen LogP contribution is 2.33. The molecule has 1 aromatic heterocycles. The molecule has 2 aliphatic heterocycles. The summed E-state index contributed by atoms with van der Waals surface area (Å²) < 4.78 is 36.7. The Kier molecular flexibility index (Phi) is 8.37. The van der Waals surface area contributed by atoms with Crippen LogP contribution < -0.4 is 11.0 Å². The number of aliphatic hydroxyl groups is 3. The number of rotatable bonds is 8. The van der Waals surface area contributed by atoms with Gasteiger partial charge in [-0.25, -0.2) is 14.0 Å². The van der Waals surface area contributed by atoms with E-state index < -0.39 is 72.6 Å². The maximum atomic E-state index is 14.5. The summed E-state index contributed by atoms with van der Waals surface area (Å²) in [4.78, 5) is 27.8. The Morgan fingerprint density at radius 3 is 2.55 bits per heavy atom. The highest BCUT2D eigenvalue weighted by Gasteiger charge is 2.49. The Morgan fingerprint density at radius 2 is 1.91 bits per heavy atom. The molecule has 13 heteroatoms. The molecule has 0 radical (unpaired) electrons. The molecule has 0 spiro atoms. The molecule has 4 N–H and O–H groups in total. The molecule has 12 nitrogen and oxygen atoms in total. The van der Waals surface area contributed by atoms with Crippen LogP contribution in [0.5, 0.6) is 0 Å². The van der Waals surface area contributed by atoms with Crippen molar-refractivity contribution in [2.45, 2.75) is 89.2 Å². The molecule has 0 bridgehead atoms. The monoisotopic (exact) mass is 475 g/mol. The van der Waals surface area contributed by atoms with E-state index in [-0.39, 0.29) is 6.61 Å². The SMILES string of the molecule is CCCCCOC(=O)Nc1nc(=O)n([C@@H]2O[C@H](C)C(O[C@@H]3O[C@H](C)C(O)C3O)C2O)cc1F. The lowest BCUT2D eigenvalue weighted by Crippen LogP contribution is -2.42. The lowest BCUT2D eigenvalue weighted by molar-refractivity contribution is -0.207. The number of nitrogens with one attached hydrogen (secondary N) is 1. The van der Waals surface area contributed by atoms with Gasteiger partial charge in [-0.3, -0.25) is 9.88 Å². The Hall–Kier alpha value is -2.16. The lowest BCUT2D eigenvalue weighted by Gasteiger charge is -2.24. The van der Waals surface area contributed by atoms with Crippen LogP contribution in [0.2, 0.25) is 0 Å². The fraction of sp³-hybridized carbons (Fsp3) is 0.750. The number of halogens is 1. The number of anilines is 1. The number of unbranched alkanes of at least 4 members (excludes halogenated alkanes) is 2. The van der Waals surface area contributed by atoms with Crippen molar-refractivity contribution in [3.8, 4) is 0 Å². The molecule has 3 heterocycles. The fourth-order valence-electron chi connectivity index (χ4n) is 3.68. The first-order valence-electron chi connectivity index (χ1n) is 10.9. The van der Waals surface area contributed by atoms with Gasteiger partial charge in [0.15, 0.2) is 24.2 Å². The second-order valence-corrected chi connectivity index (χ2v) is 8.11. The first kappa shape index (κ1) is 25.5. The van der Waals surface area contributed by atoms with Crippen LogP contribution in [-0.4, -0.2) is 80.5 Å². The Morgan fingerprint density at radius 1 is 1.18 bits per heavy atom. The highest BCUT2D eigenvalue weighted by molar-refractivity contribution is 5.83. The number of aliphatic hydroxyl groups excluding tert-OH is 3. The van der Waals surface area contributed by atoms with Crippen molar-refractivity contribution in [1.82, 2.24) is 9.55 Å². The average Bonchev–Trinajstić information content (AvgIpc) is 3.18. The normalized spacial score (nSPS) is 33.9. The molecular weight excluding hydrogens is 445 g/mol. The minimum atomic E-state index is -1.45. The topological polar surface area (TPSA) is 162 Å². The number of hydrogen-bond acceptors (Lipinski definition) is 10. The molecular formula is C20H30FN3O9. The predicted molar refractivity (Wildman–Crippen MR) is 110 cm³/mol. The van der Waals surface area contributed by atoms with E-state index in [1.165, 1.54) is 0 Å². The molecule has 1 amide bonds. The number of aromatic nitrogens is 2. The van der Waals surface area contributed by atoms with Crippen molar-refractivity contribution < 1.29 is 43.5 Å². The van der Waals surface area contributed by atoms with Crippen LogP contribution in [0, 0.1) is 5.82 Å². The number of hydrogen-bond donors (Lipinski definition) is 4. The molecule has 0 aromatic carbocycles. The van der Waals surface area contributed by atoms with Crippen molar-refractivity contribution in [3.05, 3.63) is 22.5 Å². The molecule has 3 rings (SSSR count). The smallest absolute Gasteiger partial charge is 0.412 e. The van der Waals surface area contributed by atoms with E-state index in [1.54, 1.807) is 13.8 Å². The number of nitrogens with zero attached hydrogens (tertiary/aromatic N) is 2. The molecule has 1 aromatic rings. The van der Waals surface area contributed by atoms with E-state index in [0.29, 0.717) is 6.42 Å². The van der Waals surface area contributed by atoms with Gasteiger partial charge in [-0.05, 0) is 20.3 Å². The summed E-state index contributed by atoms with van der Waals surface area (Å²) in [5.41, 5.74) is -0.990. The average molecular weight is 475 g/mol. The molecule has 0 aliphatic carbocycles. The minimum absolute atomic E-state index is 0.148. The number of carbonyl (C=O) groups is 1. The Balaban J connectivity index is 1.67. The van der Waals surface area contributed by atoms with E-state index in [9.17, 15) is 29.3 Å². The van der Waals surface area contributed by atoms with E-state index in [4.69, 9.17) is 18.9 Å². The lowest BCUT2D eigenvalue weighted by atomic mass is 10.1. The van der Waals surface area contributed by atoms with Crippen LogP contribution in [0.1, 0.15) is 46.3 Å². The largest absolute Gasteiger partial charge is 0.449 e. The summed E-state index contributed by atoms with van der Waals surface area (Å²) in [5, 5.41) is 32.6. The number of carbonyl (C=O) groups excluding carboxylic acids is 1. The van der Waals surface area contributed by atoms with Crippen LogP contribution in [-0.2, 0) is 18.9 Å². The molecule has 186 valence electrons. The first-order valence-corrected chi connectivity index (χ1v) is 10.9. The van der Waals surface area contributed by atoms with Crippen LogP contribution in [0.15, 0.2) is 11.0 Å². The molecule has 2 aliphatic rings. The molecule has 2 saturated heterocycles. The van der Waals surface area contributed by atoms with Gasteiger partial charge in [-0.1, -0.05) is 19.8 Å². The van der Waals surface area contributed by atoms with Gasteiger partial charge in [0, 0.05) is 0 Å². The zero-order valence-corrected chi connectivity index (χ0v) is 18.6. The van der Waals surface area contributed by atoms with Crippen LogP contribution >= 0.6 is 0 Å². The summed E-state index contributed by atoms with van der Waals surface area (Å²) in [5.74, 6) is -1.66. The van der Waals surface area contributed by atoms with Crippen molar-refractivity contribution >= 4 is 11.9 Å². The van der Waals surface area contributed by atoms with Crippen molar-refractivity contribution in [1.29, 1.82) is 0 Å². The van der Waals surface area contributed by atoms with Crippen LogP contribution in [0.4, 0.5) is 15.0 Å². The van der Waals surface area contributed by atoms with Gasteiger partial charge in [0.05, 0.1) is 25.0 Å². The maximum Gasteiger partial charge on any atom is 0.412 e. The van der Waals surface area contributed by atoms with Crippen LogP contribution in [0.25, 0.3) is 0 Å². The second-order valence-electron chi connectivity index (χ2n) is 8.11. The second kappa shape index (κ2) is 10.8. The quantitative estimate of drug-likeness (QED) is 0.384. The van der Waals surface area contributed by atoms with Gasteiger partial charge >= 0.3 is 11.8 Å². The Labute approximate surface area is 189 Å². The van der Waals surface area contributed by atoms with Gasteiger partial charge in [-0.2, -0.15) is 4.98 Å². The molecule has 2 fully saturated rings. The molecule has 33 heavy (non-hydrogen) atoms. The summed E-state index contributed by atoms with van der Waals surface area (Å²) in [6, 6.07) is 0. The standard InChI is InChI=1S/C20H30FN3O9/c1-4-5-6-7-30-20(29)23-16-11(21)8-24(19(28)22-16)17-14(27)15(10(3)31-17)33-18-13(26)12(25)9(2)32-18/h8-10,12-15,17-18,25-27H,4-7H2,1-3H3,(H,22,23,28,29)/t9-,10-,12?,13?,14?,15?,17-,18+/m1/s1. The van der Waals surface area contributed by atoms with Gasteiger partial charge in [0.2, 0.25) is 0 Å². The third-order valence-corrected chi connectivity index (χ3v) is 5.58. The summed E-state index contributed by atoms with van der Waals surface area (Å²) in [6.07, 6.45) is -6.79. The third kappa shape index (κ3) is 5.67. The minimum Gasteiger partial charge on any atom is -0.449 e. The number of amides is 1. The molecule has 4 unspecified atom stereocenters. The van der Waals surface area contributed by atoms with Crippen molar-refractivity contribution in [2.75, 3.05) is 11.9 Å². The summed E-state index contributed by atoms with van der Waals surface area (Å²) in [7, 11) is 0.